The van der Waals surface area contributed by atoms with Gasteiger partial charge in [0.25, 0.3) is 5.91 Å². The number of nitrogens with zero attached hydrogens (tertiary/aromatic N) is 1. The van der Waals surface area contributed by atoms with Gasteiger partial charge in [0.1, 0.15) is 17.3 Å². The van der Waals surface area contributed by atoms with E-state index in [0.29, 0.717) is 47.9 Å². The molecular formula is C19H11Cl5N2O3. The lowest BCUT2D eigenvalue weighted by Gasteiger charge is -2.07. The van der Waals surface area contributed by atoms with Gasteiger partial charge in [-0.15, -0.1) is 0 Å². The molecule has 3 aromatic rings. The second-order valence-electron chi connectivity index (χ2n) is 5.60. The first-order chi connectivity index (χ1) is 13.8. The number of ether oxygens (including phenoxy) is 1. The zero-order chi connectivity index (χ0) is 21.0. The predicted molar refractivity (Wildman–Crippen MR) is 117 cm³/mol. The van der Waals surface area contributed by atoms with Crippen molar-refractivity contribution in [1.82, 2.24) is 5.43 Å². The number of carbonyl (C=O) groups excluding carboxylic acids is 1. The molecule has 0 aliphatic carbocycles. The summed E-state index contributed by atoms with van der Waals surface area (Å²) in [6.45, 7) is -0.292. The third kappa shape index (κ3) is 5.81. The van der Waals surface area contributed by atoms with Gasteiger partial charge in [-0.3, -0.25) is 4.79 Å². The van der Waals surface area contributed by atoms with Crippen LogP contribution in [-0.4, -0.2) is 18.7 Å². The molecule has 29 heavy (non-hydrogen) atoms. The fourth-order valence-electron chi connectivity index (χ4n) is 2.21. The molecule has 0 saturated heterocycles. The zero-order valence-corrected chi connectivity index (χ0v) is 18.2. The van der Waals surface area contributed by atoms with Gasteiger partial charge in [0, 0.05) is 16.7 Å². The van der Waals surface area contributed by atoms with E-state index in [1.54, 1.807) is 30.3 Å². The van der Waals surface area contributed by atoms with Crippen molar-refractivity contribution < 1.29 is 13.9 Å². The first-order valence-electron chi connectivity index (χ1n) is 7.98. The molecule has 0 atom stereocenters. The largest absolute Gasteiger partial charge is 0.482 e. The number of rotatable bonds is 6. The number of amides is 1. The van der Waals surface area contributed by atoms with Gasteiger partial charge in [0.05, 0.1) is 26.3 Å². The maximum Gasteiger partial charge on any atom is 0.277 e. The van der Waals surface area contributed by atoms with Crippen molar-refractivity contribution in [3.05, 3.63) is 73.3 Å². The minimum absolute atomic E-state index is 0.292. The van der Waals surface area contributed by atoms with Gasteiger partial charge in [-0.05, 0) is 36.4 Å². The average Bonchev–Trinajstić information content (AvgIpc) is 3.14. The Labute approximate surface area is 191 Å². The summed E-state index contributed by atoms with van der Waals surface area (Å²) in [5.74, 6) is 0.672. The third-order valence-electron chi connectivity index (χ3n) is 3.54. The number of benzene rings is 2. The van der Waals surface area contributed by atoms with E-state index in [1.807, 2.05) is 0 Å². The van der Waals surface area contributed by atoms with Gasteiger partial charge in [-0.1, -0.05) is 58.0 Å². The van der Waals surface area contributed by atoms with Gasteiger partial charge >= 0.3 is 0 Å². The quantitative estimate of drug-likeness (QED) is 0.235. The standard InChI is InChI=1S/C19H11Cl5N2O3/c20-10-1-3-13(21)18(5-10)28-9-19(27)26-25-8-11-2-4-17(29-11)12-6-15(23)16(24)7-14(12)22/h1-8H,9H2,(H,26,27). The Morgan fingerprint density at radius 3 is 2.52 bits per heavy atom. The Balaban J connectivity index is 1.58. The molecule has 0 radical (unpaired) electrons. The lowest BCUT2D eigenvalue weighted by atomic mass is 10.2. The molecule has 0 fully saturated rings. The highest BCUT2D eigenvalue weighted by atomic mass is 35.5. The molecule has 0 bridgehead atoms. The van der Waals surface area contributed by atoms with Crippen molar-refractivity contribution in [3.63, 3.8) is 0 Å². The van der Waals surface area contributed by atoms with E-state index < -0.39 is 5.91 Å². The highest BCUT2D eigenvalue weighted by Crippen LogP contribution is 2.35. The summed E-state index contributed by atoms with van der Waals surface area (Å²) in [5, 5.41) is 5.69. The molecule has 1 amide bonds. The van der Waals surface area contributed by atoms with E-state index in [2.05, 4.69) is 10.5 Å². The molecular weight excluding hydrogens is 481 g/mol. The Morgan fingerprint density at radius 2 is 1.72 bits per heavy atom. The van der Waals surface area contributed by atoms with Crippen molar-refractivity contribution >= 4 is 70.1 Å². The van der Waals surface area contributed by atoms with Crippen LogP contribution in [0.5, 0.6) is 5.75 Å². The SMILES string of the molecule is O=C(COc1cc(Cl)ccc1Cl)NN=Cc1ccc(-c2cc(Cl)c(Cl)cc2Cl)o1. The van der Waals surface area contributed by atoms with Crippen LogP contribution in [0.4, 0.5) is 0 Å². The summed E-state index contributed by atoms with van der Waals surface area (Å²) in [5.41, 5.74) is 2.90. The molecule has 2 aromatic carbocycles. The first kappa shape index (κ1) is 21.8. The van der Waals surface area contributed by atoms with E-state index in [-0.39, 0.29) is 6.61 Å². The molecule has 10 heteroatoms. The molecule has 150 valence electrons. The van der Waals surface area contributed by atoms with Crippen LogP contribution < -0.4 is 10.2 Å². The van der Waals surface area contributed by atoms with E-state index in [9.17, 15) is 4.79 Å². The Kier molecular flexibility index (Phi) is 7.33. The van der Waals surface area contributed by atoms with Crippen molar-refractivity contribution in [2.24, 2.45) is 5.10 Å². The summed E-state index contributed by atoms with van der Waals surface area (Å²) in [7, 11) is 0. The Bertz CT molecular complexity index is 1080. The van der Waals surface area contributed by atoms with Crippen LogP contribution in [0.1, 0.15) is 5.76 Å². The van der Waals surface area contributed by atoms with Crippen molar-refractivity contribution in [1.29, 1.82) is 0 Å². The summed E-state index contributed by atoms with van der Waals surface area (Å²) in [6.07, 6.45) is 1.33. The van der Waals surface area contributed by atoms with Crippen LogP contribution >= 0.6 is 58.0 Å². The minimum Gasteiger partial charge on any atom is -0.482 e. The number of furan rings is 1. The van der Waals surface area contributed by atoms with Crippen LogP contribution in [0.25, 0.3) is 11.3 Å². The second kappa shape index (κ2) is 9.74. The number of hydrogen-bond acceptors (Lipinski definition) is 4. The topological polar surface area (TPSA) is 63.8 Å². The molecule has 1 heterocycles. The summed E-state index contributed by atoms with van der Waals surface area (Å²) in [6, 6.07) is 11.2. The van der Waals surface area contributed by atoms with Gasteiger partial charge in [-0.2, -0.15) is 5.10 Å². The molecule has 0 aliphatic heterocycles. The van der Waals surface area contributed by atoms with Crippen molar-refractivity contribution in [2.45, 2.75) is 0 Å². The van der Waals surface area contributed by atoms with Crippen LogP contribution in [-0.2, 0) is 4.79 Å². The molecule has 1 aromatic heterocycles. The molecule has 1 N–H and O–H groups in total. The monoisotopic (exact) mass is 490 g/mol. The normalized spacial score (nSPS) is 11.1. The first-order valence-corrected chi connectivity index (χ1v) is 9.87. The van der Waals surface area contributed by atoms with Crippen LogP contribution in [0, 0.1) is 0 Å². The molecule has 0 aliphatic rings. The van der Waals surface area contributed by atoms with Gasteiger partial charge < -0.3 is 9.15 Å². The average molecular weight is 493 g/mol. The summed E-state index contributed by atoms with van der Waals surface area (Å²) >= 11 is 29.9. The van der Waals surface area contributed by atoms with Gasteiger partial charge in [0.2, 0.25) is 0 Å². The van der Waals surface area contributed by atoms with E-state index in [4.69, 9.17) is 67.2 Å². The highest BCUT2D eigenvalue weighted by molar-refractivity contribution is 6.44. The number of carbonyl (C=O) groups is 1. The summed E-state index contributed by atoms with van der Waals surface area (Å²) in [4.78, 5) is 11.8. The van der Waals surface area contributed by atoms with Crippen LogP contribution in [0.15, 0.2) is 52.0 Å². The highest BCUT2D eigenvalue weighted by Gasteiger charge is 2.12. The van der Waals surface area contributed by atoms with Crippen molar-refractivity contribution in [2.75, 3.05) is 6.61 Å². The predicted octanol–water partition coefficient (Wildman–Crippen LogP) is 6.74. The Morgan fingerprint density at radius 1 is 0.966 bits per heavy atom. The van der Waals surface area contributed by atoms with Gasteiger partial charge in [0.15, 0.2) is 6.61 Å². The smallest absolute Gasteiger partial charge is 0.277 e. The van der Waals surface area contributed by atoms with Gasteiger partial charge in [-0.25, -0.2) is 5.43 Å². The van der Waals surface area contributed by atoms with E-state index in [1.165, 1.54) is 18.3 Å². The zero-order valence-electron chi connectivity index (χ0n) is 14.4. The number of nitrogens with one attached hydrogen (secondary N) is 1. The maximum absolute atomic E-state index is 11.8. The number of hydrogen-bond donors (Lipinski definition) is 1. The fourth-order valence-corrected chi connectivity index (χ4v) is 3.18. The maximum atomic E-state index is 11.8. The minimum atomic E-state index is -0.489. The lowest BCUT2D eigenvalue weighted by Crippen LogP contribution is -2.24. The molecule has 3 rings (SSSR count). The molecule has 0 spiro atoms. The lowest BCUT2D eigenvalue weighted by molar-refractivity contribution is -0.123. The fraction of sp³-hybridized carbons (Fsp3) is 0.0526. The molecule has 0 saturated carbocycles. The summed E-state index contributed by atoms with van der Waals surface area (Å²) < 4.78 is 10.9. The van der Waals surface area contributed by atoms with Crippen LogP contribution in [0.2, 0.25) is 25.1 Å². The van der Waals surface area contributed by atoms with Crippen molar-refractivity contribution in [3.8, 4) is 17.1 Å². The number of halogens is 5. The van der Waals surface area contributed by atoms with E-state index in [0.717, 1.165) is 0 Å². The Hall–Kier alpha value is -1.89. The van der Waals surface area contributed by atoms with E-state index >= 15 is 0 Å². The molecule has 5 nitrogen and oxygen atoms in total. The second-order valence-corrected chi connectivity index (χ2v) is 7.67. The third-order valence-corrected chi connectivity index (χ3v) is 5.12. The number of hydrazone groups is 1. The van der Waals surface area contributed by atoms with Crippen LogP contribution in [0.3, 0.4) is 0 Å². The molecule has 0 unspecified atom stereocenters.